The van der Waals surface area contributed by atoms with Crippen LogP contribution in [0.5, 0.6) is 0 Å². The van der Waals surface area contributed by atoms with E-state index in [1.54, 1.807) is 30.3 Å². The van der Waals surface area contributed by atoms with Gasteiger partial charge < -0.3 is 10.6 Å². The van der Waals surface area contributed by atoms with Gasteiger partial charge in [-0.1, -0.05) is 62.4 Å². The van der Waals surface area contributed by atoms with Crippen molar-refractivity contribution in [1.29, 1.82) is 0 Å². The molecule has 3 aliphatic rings. The normalized spacial score (nSPS) is 22.3. The summed E-state index contributed by atoms with van der Waals surface area (Å²) in [6.45, 7) is 3.23. The highest BCUT2D eigenvalue weighted by Crippen LogP contribution is 2.44. The number of hydrogen-bond donors (Lipinski definition) is 2. The highest BCUT2D eigenvalue weighted by atomic mass is 19.4. The zero-order valence-electron chi connectivity index (χ0n) is 26.0. The van der Waals surface area contributed by atoms with Crippen LogP contribution in [0.4, 0.5) is 17.6 Å². The van der Waals surface area contributed by atoms with Gasteiger partial charge in [0.05, 0.1) is 23.2 Å². The molecular formula is C35H31F4N5O4. The van der Waals surface area contributed by atoms with Crippen molar-refractivity contribution in [3.8, 4) is 0 Å². The van der Waals surface area contributed by atoms with Crippen LogP contribution < -0.4 is 11.1 Å². The van der Waals surface area contributed by atoms with Crippen molar-refractivity contribution in [2.24, 2.45) is 16.6 Å². The van der Waals surface area contributed by atoms with Gasteiger partial charge in [-0.2, -0.15) is 13.2 Å². The molecule has 2 atom stereocenters. The van der Waals surface area contributed by atoms with Crippen molar-refractivity contribution in [2.45, 2.75) is 50.4 Å². The number of guanidine groups is 1. The van der Waals surface area contributed by atoms with E-state index in [4.69, 9.17) is 5.73 Å². The lowest BCUT2D eigenvalue weighted by molar-refractivity contribution is -0.138. The van der Waals surface area contributed by atoms with E-state index in [0.29, 0.717) is 17.5 Å². The molecule has 3 N–H and O–H groups in total. The lowest BCUT2D eigenvalue weighted by Crippen LogP contribution is -2.43. The summed E-state index contributed by atoms with van der Waals surface area (Å²) < 4.78 is 56.6. The van der Waals surface area contributed by atoms with E-state index in [9.17, 15) is 36.7 Å². The molecule has 3 aliphatic heterocycles. The number of alkyl halides is 3. The lowest BCUT2D eigenvalue weighted by atomic mass is 9.77. The largest absolute Gasteiger partial charge is 0.417 e. The van der Waals surface area contributed by atoms with Gasteiger partial charge in [0.1, 0.15) is 11.2 Å². The van der Waals surface area contributed by atoms with E-state index >= 15 is 0 Å². The third-order valence-corrected chi connectivity index (χ3v) is 9.09. The highest BCUT2D eigenvalue weighted by Gasteiger charge is 2.58. The molecule has 0 radical (unpaired) electrons. The Hall–Kier alpha value is -5.33. The first-order valence-electron chi connectivity index (χ1n) is 15.3. The van der Waals surface area contributed by atoms with Gasteiger partial charge in [-0.05, 0) is 59.7 Å². The number of aliphatic imine (C=N–C) groups is 1. The monoisotopic (exact) mass is 661 g/mol. The average molecular weight is 662 g/mol. The van der Waals surface area contributed by atoms with Gasteiger partial charge in [0, 0.05) is 12.7 Å². The number of nitrogens with zero attached hydrogens (tertiary/aromatic N) is 3. The van der Waals surface area contributed by atoms with Gasteiger partial charge in [-0.25, -0.2) is 9.38 Å². The number of carbonyl (C=O) groups is 4. The third kappa shape index (κ3) is 5.32. The molecule has 6 rings (SSSR count). The third-order valence-electron chi connectivity index (χ3n) is 9.09. The number of fused-ring (bicyclic) bond motifs is 1. The topological polar surface area (TPSA) is 125 Å². The van der Waals surface area contributed by atoms with Crippen LogP contribution in [0.15, 0.2) is 89.6 Å². The number of hydrogen-bond acceptors (Lipinski definition) is 6. The Bertz CT molecular complexity index is 1890. The first kappa shape index (κ1) is 32.6. The van der Waals surface area contributed by atoms with Crippen LogP contribution >= 0.6 is 0 Å². The molecular weight excluding hydrogens is 630 g/mol. The SMILES string of the molecule is CC(C)CCC1(c2ccc(F)cc2)N=C(N)N(Cc2ccc(C(F)(F)F)c(C(=O)N3C=C4C(=O)NC(=O)[C@@]4(c4ccccc4)C3)c2)C1=O. The van der Waals surface area contributed by atoms with E-state index in [-0.39, 0.29) is 36.0 Å². The molecule has 9 nitrogen and oxygen atoms in total. The van der Waals surface area contributed by atoms with Crippen molar-refractivity contribution in [1.82, 2.24) is 15.1 Å². The molecule has 3 aromatic rings. The summed E-state index contributed by atoms with van der Waals surface area (Å²) in [4.78, 5) is 60.4. The van der Waals surface area contributed by atoms with Crippen LogP contribution in [0.2, 0.25) is 0 Å². The maximum Gasteiger partial charge on any atom is 0.417 e. The Morgan fingerprint density at radius 1 is 1.00 bits per heavy atom. The van der Waals surface area contributed by atoms with E-state index in [1.807, 2.05) is 13.8 Å². The summed E-state index contributed by atoms with van der Waals surface area (Å²) in [7, 11) is 0. The number of rotatable bonds is 8. The Morgan fingerprint density at radius 2 is 1.69 bits per heavy atom. The maximum absolute atomic E-state index is 14.3. The predicted octanol–water partition coefficient (Wildman–Crippen LogP) is 4.77. The zero-order valence-corrected chi connectivity index (χ0v) is 26.0. The van der Waals surface area contributed by atoms with Crippen molar-refractivity contribution >= 4 is 29.6 Å². The molecule has 48 heavy (non-hydrogen) atoms. The summed E-state index contributed by atoms with van der Waals surface area (Å²) in [5.41, 5.74) is 2.16. The van der Waals surface area contributed by atoms with Crippen LogP contribution in [-0.4, -0.2) is 45.9 Å². The predicted molar refractivity (Wildman–Crippen MR) is 166 cm³/mol. The summed E-state index contributed by atoms with van der Waals surface area (Å²) in [5.74, 6) is -3.54. The molecule has 1 saturated heterocycles. The summed E-state index contributed by atoms with van der Waals surface area (Å²) >= 11 is 0. The molecule has 0 bridgehead atoms. The minimum atomic E-state index is -4.94. The zero-order chi connectivity index (χ0) is 34.6. The van der Waals surface area contributed by atoms with Gasteiger partial charge >= 0.3 is 6.18 Å². The molecule has 0 saturated carbocycles. The van der Waals surface area contributed by atoms with Crippen molar-refractivity contribution in [2.75, 3.05) is 6.54 Å². The standard InChI is InChI=1S/C35H31F4N5O4/c1-20(2)14-15-34(23-9-11-24(36)12-10-23)31(48)44(32(40)42-34)17-21-8-13-26(35(37,38)39)25(16-21)29(46)43-18-27-28(45)41-30(47)33(27,19-43)22-6-4-3-5-7-22/h3-13,16,18,20H,14-15,17,19H2,1-2H3,(H2,40,42)(H,41,45,47)/t33-,34?/m1/s1. The molecule has 1 unspecified atom stereocenters. The quantitative estimate of drug-likeness (QED) is 0.266. The number of nitrogens with one attached hydrogen (secondary N) is 1. The van der Waals surface area contributed by atoms with Crippen molar-refractivity contribution in [3.05, 3.63) is 118 Å². The van der Waals surface area contributed by atoms with E-state index in [2.05, 4.69) is 10.3 Å². The molecule has 248 valence electrons. The van der Waals surface area contributed by atoms with Crippen molar-refractivity contribution < 1.29 is 36.7 Å². The highest BCUT2D eigenvalue weighted by molar-refractivity contribution is 6.21. The van der Waals surface area contributed by atoms with Gasteiger partial charge in [-0.3, -0.25) is 29.4 Å². The average Bonchev–Trinajstić information content (AvgIpc) is 3.65. The summed E-state index contributed by atoms with van der Waals surface area (Å²) in [6.07, 6.45) is -3.00. The van der Waals surface area contributed by atoms with Crippen LogP contribution in [-0.2, 0) is 38.1 Å². The maximum atomic E-state index is 14.3. The lowest BCUT2D eigenvalue weighted by Gasteiger charge is -2.28. The second kappa shape index (κ2) is 11.7. The molecule has 3 aromatic carbocycles. The molecule has 0 aromatic heterocycles. The number of benzene rings is 3. The Morgan fingerprint density at radius 3 is 2.33 bits per heavy atom. The second-order valence-electron chi connectivity index (χ2n) is 12.6. The number of carbonyl (C=O) groups excluding carboxylic acids is 4. The molecule has 0 aliphatic carbocycles. The van der Waals surface area contributed by atoms with Crippen LogP contribution in [0, 0.1) is 11.7 Å². The Balaban J connectivity index is 1.35. The summed E-state index contributed by atoms with van der Waals surface area (Å²) in [5, 5.41) is 2.24. The number of halogens is 4. The molecule has 1 fully saturated rings. The van der Waals surface area contributed by atoms with Gasteiger partial charge in [0.25, 0.3) is 17.7 Å². The van der Waals surface area contributed by atoms with Crippen molar-refractivity contribution in [3.63, 3.8) is 0 Å². The number of imide groups is 1. The van der Waals surface area contributed by atoms with E-state index < -0.39 is 64.2 Å². The Kier molecular flexibility index (Phi) is 7.96. The van der Waals surface area contributed by atoms with Gasteiger partial charge in [0.15, 0.2) is 11.5 Å². The Labute approximate surface area is 273 Å². The van der Waals surface area contributed by atoms with E-state index in [1.165, 1.54) is 24.3 Å². The first-order valence-corrected chi connectivity index (χ1v) is 15.3. The van der Waals surface area contributed by atoms with Gasteiger partial charge in [0.2, 0.25) is 5.91 Å². The van der Waals surface area contributed by atoms with E-state index in [0.717, 1.165) is 34.2 Å². The second-order valence-corrected chi connectivity index (χ2v) is 12.6. The first-order chi connectivity index (χ1) is 22.7. The fourth-order valence-corrected chi connectivity index (χ4v) is 6.56. The fourth-order valence-electron chi connectivity index (χ4n) is 6.56. The smallest absolute Gasteiger partial charge is 0.369 e. The minimum Gasteiger partial charge on any atom is -0.369 e. The van der Waals surface area contributed by atoms with Crippen LogP contribution in [0.25, 0.3) is 0 Å². The molecule has 4 amide bonds. The molecule has 3 heterocycles. The number of amides is 4. The van der Waals surface area contributed by atoms with Crippen LogP contribution in [0.3, 0.4) is 0 Å². The molecule has 0 spiro atoms. The van der Waals surface area contributed by atoms with Gasteiger partial charge in [-0.15, -0.1) is 0 Å². The van der Waals surface area contributed by atoms with Crippen LogP contribution in [0.1, 0.15) is 59.3 Å². The minimum absolute atomic E-state index is 0.0538. The fraction of sp³-hybridized carbons (Fsp3) is 0.286. The molecule has 13 heteroatoms. The number of nitrogens with two attached hydrogens (primary N) is 1. The summed E-state index contributed by atoms with van der Waals surface area (Å²) in [6, 6.07) is 16.5.